The predicted molar refractivity (Wildman–Crippen MR) is 85.5 cm³/mol. The number of ether oxygens (including phenoxy) is 1. The summed E-state index contributed by atoms with van der Waals surface area (Å²) in [7, 11) is 1.45. The number of aromatic amines is 2. The summed E-state index contributed by atoms with van der Waals surface area (Å²) in [5.41, 5.74) is 1.78. The zero-order chi connectivity index (χ0) is 16.4. The van der Waals surface area contributed by atoms with Crippen LogP contribution in [0, 0.1) is 0 Å². The Labute approximate surface area is 136 Å². The Morgan fingerprint density at radius 3 is 2.87 bits per heavy atom. The van der Waals surface area contributed by atoms with Crippen LogP contribution in [0.25, 0.3) is 22.5 Å². The van der Waals surface area contributed by atoms with Gasteiger partial charge in [0.1, 0.15) is 0 Å². The Bertz CT molecular complexity index is 924. The summed E-state index contributed by atoms with van der Waals surface area (Å²) in [5, 5.41) is 10.2. The minimum atomic E-state index is -0.496. The summed E-state index contributed by atoms with van der Waals surface area (Å²) in [6.45, 7) is 0. The van der Waals surface area contributed by atoms with Gasteiger partial charge in [-0.15, -0.1) is 0 Å². The number of nitrogens with zero attached hydrogens (tertiary/aromatic N) is 1. The zero-order valence-electron chi connectivity index (χ0n) is 12.1. The van der Waals surface area contributed by atoms with Crippen molar-refractivity contribution in [3.8, 4) is 34.0 Å². The lowest BCUT2D eigenvalue weighted by atomic mass is 10.1. The molecule has 0 atom stereocenters. The number of phenolic OH excluding ortho intramolecular Hbond substituents is 1. The fraction of sp³-hybridized carbons (Fsp3) is 0.0625. The molecule has 0 radical (unpaired) electrons. The lowest BCUT2D eigenvalue weighted by Gasteiger charge is -2.07. The van der Waals surface area contributed by atoms with Crippen LogP contribution in [0.15, 0.2) is 47.5 Å². The molecule has 2 aromatic heterocycles. The summed E-state index contributed by atoms with van der Waals surface area (Å²) in [4.78, 5) is 21.4. The van der Waals surface area contributed by atoms with E-state index in [4.69, 9.17) is 16.3 Å². The van der Waals surface area contributed by atoms with E-state index in [9.17, 15) is 9.90 Å². The highest BCUT2D eigenvalue weighted by Gasteiger charge is 2.12. The lowest BCUT2D eigenvalue weighted by molar-refractivity contribution is -0.377. The maximum atomic E-state index is 11.9. The van der Waals surface area contributed by atoms with Crippen molar-refractivity contribution >= 4 is 11.6 Å². The molecule has 6 nitrogen and oxygen atoms in total. The number of H-pyrrole nitrogens is 2. The number of nitrogens with one attached hydrogen (secondary N) is 2. The molecule has 0 aliphatic rings. The van der Waals surface area contributed by atoms with Crippen molar-refractivity contribution in [2.24, 2.45) is 0 Å². The van der Waals surface area contributed by atoms with Gasteiger partial charge in [0.2, 0.25) is 0 Å². The Morgan fingerprint density at radius 2 is 2.13 bits per heavy atom. The second-order valence-electron chi connectivity index (χ2n) is 4.78. The minimum Gasteiger partial charge on any atom is -0.504 e. The summed E-state index contributed by atoms with van der Waals surface area (Å²) >= 11 is 6.16. The molecule has 23 heavy (non-hydrogen) atoms. The number of benzene rings is 1. The SMILES string of the molecule is COc1cc(-c2cc(-c3c[nH+]ccc3Cl)[nH]c(=O)n2)ccc1O. The van der Waals surface area contributed by atoms with Gasteiger partial charge in [-0.1, -0.05) is 11.6 Å². The van der Waals surface area contributed by atoms with Crippen molar-refractivity contribution in [2.45, 2.75) is 0 Å². The number of phenols is 1. The van der Waals surface area contributed by atoms with Crippen LogP contribution in [0.5, 0.6) is 11.5 Å². The van der Waals surface area contributed by atoms with Gasteiger partial charge in [-0.2, -0.15) is 4.98 Å². The molecule has 116 valence electrons. The summed E-state index contributed by atoms with van der Waals surface area (Å²) < 4.78 is 5.08. The van der Waals surface area contributed by atoms with Crippen molar-refractivity contribution < 1.29 is 14.8 Å². The molecule has 7 heteroatoms. The van der Waals surface area contributed by atoms with E-state index in [1.165, 1.54) is 13.2 Å². The third-order valence-corrected chi connectivity index (χ3v) is 3.65. The fourth-order valence-electron chi connectivity index (χ4n) is 2.21. The second kappa shape index (κ2) is 6.10. The van der Waals surface area contributed by atoms with Crippen LogP contribution in [0.3, 0.4) is 0 Å². The molecule has 0 aliphatic carbocycles. The van der Waals surface area contributed by atoms with Crippen molar-refractivity contribution in [3.05, 3.63) is 58.2 Å². The van der Waals surface area contributed by atoms with Gasteiger partial charge in [0.25, 0.3) is 0 Å². The quantitative estimate of drug-likeness (QED) is 0.771. The van der Waals surface area contributed by atoms with Crippen LogP contribution in [-0.2, 0) is 0 Å². The maximum Gasteiger partial charge on any atom is 0.345 e. The van der Waals surface area contributed by atoms with Crippen LogP contribution >= 0.6 is 11.6 Å². The Balaban J connectivity index is 2.15. The van der Waals surface area contributed by atoms with E-state index < -0.39 is 5.69 Å². The number of hydrogen-bond acceptors (Lipinski definition) is 4. The Morgan fingerprint density at radius 1 is 1.30 bits per heavy atom. The van der Waals surface area contributed by atoms with Crippen LogP contribution in [0.4, 0.5) is 0 Å². The van der Waals surface area contributed by atoms with E-state index in [0.717, 1.165) is 0 Å². The predicted octanol–water partition coefficient (Wildman–Crippen LogP) is 2.29. The summed E-state index contributed by atoms with van der Waals surface area (Å²) in [6.07, 6.45) is 3.38. The van der Waals surface area contributed by atoms with Crippen LogP contribution in [0.2, 0.25) is 5.02 Å². The molecule has 0 aliphatic heterocycles. The van der Waals surface area contributed by atoms with Crippen molar-refractivity contribution in [1.29, 1.82) is 0 Å². The van der Waals surface area contributed by atoms with Gasteiger partial charge >= 0.3 is 5.69 Å². The average Bonchev–Trinajstić information content (AvgIpc) is 2.55. The van der Waals surface area contributed by atoms with E-state index in [1.54, 1.807) is 36.7 Å². The first kappa shape index (κ1) is 15.1. The van der Waals surface area contributed by atoms with Crippen molar-refractivity contribution in [3.63, 3.8) is 0 Å². The van der Waals surface area contributed by atoms with Gasteiger partial charge in [0.15, 0.2) is 23.9 Å². The molecule has 0 amide bonds. The second-order valence-corrected chi connectivity index (χ2v) is 5.18. The Hall–Kier alpha value is -2.86. The fourth-order valence-corrected chi connectivity index (χ4v) is 2.42. The number of hydrogen-bond donors (Lipinski definition) is 2. The topological polar surface area (TPSA) is 89.4 Å². The van der Waals surface area contributed by atoms with Gasteiger partial charge < -0.3 is 14.8 Å². The highest BCUT2D eigenvalue weighted by atomic mass is 35.5. The minimum absolute atomic E-state index is 0.0158. The summed E-state index contributed by atoms with van der Waals surface area (Å²) in [6, 6.07) is 8.16. The first-order chi connectivity index (χ1) is 11.1. The molecule has 3 rings (SSSR count). The van der Waals surface area contributed by atoms with Crippen LogP contribution in [-0.4, -0.2) is 22.2 Å². The lowest BCUT2D eigenvalue weighted by Crippen LogP contribution is -2.13. The molecule has 3 N–H and O–H groups in total. The van der Waals surface area contributed by atoms with Gasteiger partial charge in [-0.05, 0) is 24.3 Å². The van der Waals surface area contributed by atoms with E-state index in [-0.39, 0.29) is 5.75 Å². The molecule has 1 aromatic carbocycles. The largest absolute Gasteiger partial charge is 0.504 e. The first-order valence-corrected chi connectivity index (χ1v) is 7.11. The molecule has 0 spiro atoms. The van der Waals surface area contributed by atoms with Gasteiger partial charge in [-0.3, -0.25) is 0 Å². The van der Waals surface area contributed by atoms with Gasteiger partial charge in [0.05, 0.1) is 29.1 Å². The smallest absolute Gasteiger partial charge is 0.345 e. The number of aromatic nitrogens is 3. The average molecular weight is 331 g/mol. The van der Waals surface area contributed by atoms with Gasteiger partial charge in [-0.25, -0.2) is 9.78 Å². The molecule has 0 unspecified atom stereocenters. The molecule has 0 bridgehead atoms. The van der Waals surface area contributed by atoms with Crippen molar-refractivity contribution in [2.75, 3.05) is 7.11 Å². The van der Waals surface area contributed by atoms with E-state index >= 15 is 0 Å². The number of aromatic hydroxyl groups is 1. The number of methoxy groups -OCH3 is 1. The first-order valence-electron chi connectivity index (χ1n) is 6.73. The number of rotatable bonds is 3. The maximum absolute atomic E-state index is 11.9. The normalized spacial score (nSPS) is 10.5. The number of pyridine rings is 1. The van der Waals surface area contributed by atoms with Crippen LogP contribution in [0.1, 0.15) is 0 Å². The third kappa shape index (κ3) is 3.02. The highest BCUT2D eigenvalue weighted by molar-refractivity contribution is 6.33. The highest BCUT2D eigenvalue weighted by Crippen LogP contribution is 2.32. The standard InChI is InChI=1S/C16H12ClN3O3/c1-23-15-6-9(2-3-14(15)21)12-7-13(20-16(22)19-12)10-8-18-5-4-11(10)17/h2-8,21H,1H3,(H,19,20,22)/p+1. The molecule has 0 fully saturated rings. The number of halogens is 1. The molecular formula is C16H13ClN3O3+. The molecule has 3 aromatic rings. The molecule has 0 saturated carbocycles. The zero-order valence-corrected chi connectivity index (χ0v) is 12.9. The van der Waals surface area contributed by atoms with Crippen LogP contribution < -0.4 is 15.4 Å². The van der Waals surface area contributed by atoms with Gasteiger partial charge in [0, 0.05) is 11.6 Å². The molecular weight excluding hydrogens is 318 g/mol. The van der Waals surface area contributed by atoms with E-state index in [0.29, 0.717) is 33.3 Å². The van der Waals surface area contributed by atoms with E-state index in [2.05, 4.69) is 15.0 Å². The van der Waals surface area contributed by atoms with Crippen molar-refractivity contribution in [1.82, 2.24) is 9.97 Å². The van der Waals surface area contributed by atoms with E-state index in [1.807, 2.05) is 0 Å². The third-order valence-electron chi connectivity index (χ3n) is 3.32. The molecule has 0 saturated heterocycles. The molecule has 2 heterocycles. The Kier molecular flexibility index (Phi) is 3.99. The monoisotopic (exact) mass is 330 g/mol. The summed E-state index contributed by atoms with van der Waals surface area (Å²) in [5.74, 6) is 0.319.